The zero-order valence-electron chi connectivity index (χ0n) is 16.4. The van der Waals surface area contributed by atoms with Gasteiger partial charge in [0.05, 0.1) is 11.0 Å². The van der Waals surface area contributed by atoms with E-state index in [0.717, 1.165) is 24.2 Å². The van der Waals surface area contributed by atoms with Crippen molar-refractivity contribution in [3.05, 3.63) is 41.7 Å². The molecule has 2 heterocycles. The van der Waals surface area contributed by atoms with Gasteiger partial charge in [0.1, 0.15) is 5.76 Å². The van der Waals surface area contributed by atoms with E-state index in [0.29, 0.717) is 24.5 Å². The van der Waals surface area contributed by atoms with Crippen LogP contribution < -0.4 is 15.5 Å². The number of hydrogen-bond acceptors (Lipinski definition) is 6. The van der Waals surface area contributed by atoms with Gasteiger partial charge >= 0.3 is 0 Å². The zero-order valence-corrected chi connectivity index (χ0v) is 17.3. The van der Waals surface area contributed by atoms with Gasteiger partial charge in [-0.2, -0.15) is 0 Å². The third-order valence-electron chi connectivity index (χ3n) is 4.52. The number of hydrogen-bond donors (Lipinski definition) is 2. The van der Waals surface area contributed by atoms with E-state index in [-0.39, 0.29) is 23.5 Å². The van der Waals surface area contributed by atoms with Crippen LogP contribution in [0.3, 0.4) is 0 Å². The van der Waals surface area contributed by atoms with Gasteiger partial charge in [-0.05, 0) is 38.0 Å². The molecule has 0 unspecified atom stereocenters. The molecule has 1 aliphatic heterocycles. The fraction of sp³-hybridized carbons (Fsp3) is 0.400. The minimum atomic E-state index is -0.407. The fourth-order valence-corrected chi connectivity index (χ4v) is 3.61. The number of aromatic nitrogens is 1. The van der Waals surface area contributed by atoms with Crippen LogP contribution in [0.4, 0.5) is 11.5 Å². The number of anilines is 2. The minimum Gasteiger partial charge on any atom is -0.360 e. The molecular weight excluding hydrogens is 392 g/mol. The molecule has 0 aliphatic carbocycles. The van der Waals surface area contributed by atoms with Crippen LogP contribution in [0.5, 0.6) is 0 Å². The van der Waals surface area contributed by atoms with Gasteiger partial charge in [0, 0.05) is 31.3 Å². The molecule has 1 fully saturated rings. The lowest BCUT2D eigenvalue weighted by Crippen LogP contribution is -2.28. The lowest BCUT2D eigenvalue weighted by Gasteiger charge is -2.16. The number of thioether (sulfide) groups is 1. The van der Waals surface area contributed by atoms with Crippen molar-refractivity contribution >= 4 is 41.0 Å². The minimum absolute atomic E-state index is 0.147. The van der Waals surface area contributed by atoms with E-state index in [1.54, 1.807) is 24.8 Å². The highest BCUT2D eigenvalue weighted by Gasteiger charge is 2.21. The second-order valence-electron chi connectivity index (χ2n) is 6.86. The predicted molar refractivity (Wildman–Crippen MR) is 112 cm³/mol. The number of nitrogens with one attached hydrogen (secondary N) is 2. The largest absolute Gasteiger partial charge is 0.360 e. The summed E-state index contributed by atoms with van der Waals surface area (Å²) in [4.78, 5) is 37.8. The van der Waals surface area contributed by atoms with Crippen molar-refractivity contribution in [2.75, 3.05) is 22.5 Å². The fourth-order valence-electron chi connectivity index (χ4n) is 2.90. The summed E-state index contributed by atoms with van der Waals surface area (Å²) in [5.41, 5.74) is 1.84. The Balaban J connectivity index is 1.39. The summed E-state index contributed by atoms with van der Waals surface area (Å²) in [6, 6.07) is 9.25. The summed E-state index contributed by atoms with van der Waals surface area (Å²) in [6.45, 7) is 4.63. The molecule has 0 saturated carbocycles. The Morgan fingerprint density at radius 2 is 2.07 bits per heavy atom. The molecule has 1 atom stereocenters. The lowest BCUT2D eigenvalue weighted by molar-refractivity contribution is -0.119. The maximum Gasteiger partial charge on any atom is 0.238 e. The third kappa shape index (κ3) is 5.83. The van der Waals surface area contributed by atoms with E-state index < -0.39 is 5.25 Å². The number of nitrogens with zero attached hydrogens (tertiary/aromatic N) is 2. The molecule has 1 aromatic carbocycles. The molecule has 9 heteroatoms. The topological polar surface area (TPSA) is 105 Å². The molecule has 2 N–H and O–H groups in total. The van der Waals surface area contributed by atoms with Gasteiger partial charge in [0.25, 0.3) is 0 Å². The van der Waals surface area contributed by atoms with Crippen LogP contribution in [0.1, 0.15) is 31.1 Å². The Kier molecular flexibility index (Phi) is 6.92. The molecule has 0 bridgehead atoms. The summed E-state index contributed by atoms with van der Waals surface area (Å²) in [7, 11) is 0. The van der Waals surface area contributed by atoms with Crippen molar-refractivity contribution in [1.29, 1.82) is 0 Å². The molecular formula is C20H24N4O4S. The first-order valence-electron chi connectivity index (χ1n) is 9.44. The van der Waals surface area contributed by atoms with Gasteiger partial charge in [-0.3, -0.25) is 14.4 Å². The average Bonchev–Trinajstić information content (AvgIpc) is 3.32. The highest BCUT2D eigenvalue weighted by molar-refractivity contribution is 8.01. The second-order valence-corrected chi connectivity index (χ2v) is 8.19. The van der Waals surface area contributed by atoms with Crippen molar-refractivity contribution < 1.29 is 18.9 Å². The normalized spacial score (nSPS) is 14.7. The molecule has 3 amide bonds. The van der Waals surface area contributed by atoms with E-state index in [1.807, 2.05) is 24.3 Å². The first kappa shape index (κ1) is 20.9. The number of aryl methyl sites for hydroxylation is 1. The van der Waals surface area contributed by atoms with E-state index in [2.05, 4.69) is 15.8 Å². The van der Waals surface area contributed by atoms with E-state index in [4.69, 9.17) is 4.52 Å². The summed E-state index contributed by atoms with van der Waals surface area (Å²) in [5, 5.41) is 8.80. The summed E-state index contributed by atoms with van der Waals surface area (Å²) >= 11 is 1.25. The quantitative estimate of drug-likeness (QED) is 0.685. The van der Waals surface area contributed by atoms with Crippen molar-refractivity contribution in [1.82, 2.24) is 10.5 Å². The van der Waals surface area contributed by atoms with Crippen LogP contribution in [0, 0.1) is 6.92 Å². The second kappa shape index (κ2) is 9.60. The van der Waals surface area contributed by atoms with Crippen molar-refractivity contribution in [3.63, 3.8) is 0 Å². The van der Waals surface area contributed by atoms with Gasteiger partial charge in [0.2, 0.25) is 17.7 Å². The number of carbonyl (C=O) groups is 3. The maximum absolute atomic E-state index is 12.1. The van der Waals surface area contributed by atoms with Gasteiger partial charge in [-0.25, -0.2) is 0 Å². The summed E-state index contributed by atoms with van der Waals surface area (Å²) in [6.07, 6.45) is 1.49. The van der Waals surface area contributed by atoms with Crippen LogP contribution in [0.25, 0.3) is 0 Å². The van der Waals surface area contributed by atoms with Gasteiger partial charge in [-0.15, -0.1) is 11.8 Å². The van der Waals surface area contributed by atoms with Crippen LogP contribution >= 0.6 is 11.8 Å². The first-order chi connectivity index (χ1) is 13.9. The van der Waals surface area contributed by atoms with Crippen LogP contribution in [-0.4, -0.2) is 40.4 Å². The third-order valence-corrected chi connectivity index (χ3v) is 5.67. The van der Waals surface area contributed by atoms with E-state index >= 15 is 0 Å². The number of carbonyl (C=O) groups excluding carboxylic acids is 3. The number of amides is 3. The van der Waals surface area contributed by atoms with Gasteiger partial charge in [-0.1, -0.05) is 17.3 Å². The molecule has 2 aromatic rings. The predicted octanol–water partition coefficient (Wildman–Crippen LogP) is 2.49. The highest BCUT2D eigenvalue weighted by atomic mass is 32.2. The van der Waals surface area contributed by atoms with Crippen molar-refractivity contribution in [2.24, 2.45) is 0 Å². The molecule has 1 saturated heterocycles. The van der Waals surface area contributed by atoms with Gasteiger partial charge in [0.15, 0.2) is 5.82 Å². The summed E-state index contributed by atoms with van der Waals surface area (Å²) < 4.78 is 4.90. The standard InChI is InChI=1S/C20H24N4O4S/c1-13-10-17(23-28-13)22-20(27)14(2)29-12-18(25)21-11-15-5-7-16(8-6-15)24-9-3-4-19(24)26/h5-8,10,14H,3-4,9,11-12H2,1-2H3,(H,21,25)(H,22,23,27)/t14-/m1/s1. The van der Waals surface area contributed by atoms with E-state index in [1.165, 1.54) is 11.8 Å². The molecule has 0 radical (unpaired) electrons. The maximum atomic E-state index is 12.1. The van der Waals surface area contributed by atoms with Crippen molar-refractivity contribution in [2.45, 2.75) is 38.5 Å². The molecule has 1 aliphatic rings. The Hall–Kier alpha value is -2.81. The molecule has 0 spiro atoms. The number of benzene rings is 1. The molecule has 154 valence electrons. The molecule has 3 rings (SSSR count). The van der Waals surface area contributed by atoms with Crippen LogP contribution in [-0.2, 0) is 20.9 Å². The Labute approximate surface area is 173 Å². The van der Waals surface area contributed by atoms with E-state index in [9.17, 15) is 14.4 Å². The average molecular weight is 417 g/mol. The highest BCUT2D eigenvalue weighted by Crippen LogP contribution is 2.21. The smallest absolute Gasteiger partial charge is 0.238 e. The van der Waals surface area contributed by atoms with Crippen LogP contribution in [0.2, 0.25) is 0 Å². The monoisotopic (exact) mass is 416 g/mol. The zero-order chi connectivity index (χ0) is 20.8. The SMILES string of the molecule is Cc1cc(NC(=O)[C@@H](C)SCC(=O)NCc2ccc(N3CCCC3=O)cc2)no1. The Morgan fingerprint density at radius 1 is 1.31 bits per heavy atom. The lowest BCUT2D eigenvalue weighted by atomic mass is 10.2. The summed E-state index contributed by atoms with van der Waals surface area (Å²) in [5.74, 6) is 0.921. The molecule has 29 heavy (non-hydrogen) atoms. The Bertz CT molecular complexity index is 881. The molecule has 8 nitrogen and oxygen atoms in total. The van der Waals surface area contributed by atoms with Crippen LogP contribution in [0.15, 0.2) is 34.9 Å². The van der Waals surface area contributed by atoms with Crippen molar-refractivity contribution in [3.8, 4) is 0 Å². The molecule has 1 aromatic heterocycles. The number of rotatable bonds is 8. The first-order valence-corrected chi connectivity index (χ1v) is 10.5. The van der Waals surface area contributed by atoms with Gasteiger partial charge < -0.3 is 20.1 Å². The Morgan fingerprint density at radius 3 is 2.69 bits per heavy atom.